The average Bonchev–Trinajstić information content (AvgIpc) is 2.49. The first-order valence-electron chi connectivity index (χ1n) is 7.04. The van der Waals surface area contributed by atoms with Crippen molar-refractivity contribution in [2.45, 2.75) is 25.8 Å². The van der Waals surface area contributed by atoms with Crippen molar-refractivity contribution in [3.05, 3.63) is 59.4 Å². The Bertz CT molecular complexity index is 699. The van der Waals surface area contributed by atoms with Gasteiger partial charge in [0, 0.05) is 17.4 Å². The highest BCUT2D eigenvalue weighted by Gasteiger charge is 2.30. The van der Waals surface area contributed by atoms with E-state index in [0.717, 1.165) is 24.1 Å². The minimum atomic E-state index is -0.538. The summed E-state index contributed by atoms with van der Waals surface area (Å²) in [5, 5.41) is 0. The summed E-state index contributed by atoms with van der Waals surface area (Å²) < 4.78 is 14.0. The smallest absolute Gasteiger partial charge is 0.261 e. The molecule has 1 aliphatic heterocycles. The largest absolute Gasteiger partial charge is 0.399 e. The van der Waals surface area contributed by atoms with Crippen LogP contribution in [-0.4, -0.2) is 11.9 Å². The zero-order chi connectivity index (χ0) is 15.0. The van der Waals surface area contributed by atoms with Gasteiger partial charge in [-0.1, -0.05) is 18.2 Å². The Morgan fingerprint density at radius 1 is 1.29 bits per heavy atom. The zero-order valence-electron chi connectivity index (χ0n) is 11.8. The average molecular weight is 284 g/mol. The van der Waals surface area contributed by atoms with E-state index in [1.54, 1.807) is 4.90 Å². The maximum Gasteiger partial charge on any atom is 0.261 e. The van der Waals surface area contributed by atoms with Crippen molar-refractivity contribution < 1.29 is 9.18 Å². The number of para-hydroxylation sites is 1. The lowest BCUT2D eigenvalue weighted by Crippen LogP contribution is -2.42. The van der Waals surface area contributed by atoms with Crippen LogP contribution in [0.2, 0.25) is 0 Å². The number of nitrogen functional groups attached to an aromatic ring is 1. The lowest BCUT2D eigenvalue weighted by molar-refractivity contribution is 0.0971. The van der Waals surface area contributed by atoms with Gasteiger partial charge in [-0.3, -0.25) is 4.79 Å². The molecule has 4 heteroatoms. The van der Waals surface area contributed by atoms with E-state index in [4.69, 9.17) is 5.73 Å². The van der Waals surface area contributed by atoms with Crippen molar-refractivity contribution in [2.75, 3.05) is 10.6 Å². The van der Waals surface area contributed by atoms with Crippen molar-refractivity contribution in [1.82, 2.24) is 0 Å². The first kappa shape index (κ1) is 13.6. The second-order valence-electron chi connectivity index (χ2n) is 5.43. The third-order valence-electron chi connectivity index (χ3n) is 3.96. The monoisotopic (exact) mass is 284 g/mol. The highest BCUT2D eigenvalue weighted by Crippen LogP contribution is 2.32. The summed E-state index contributed by atoms with van der Waals surface area (Å²) in [6.07, 6.45) is 1.80. The predicted molar refractivity (Wildman–Crippen MR) is 81.8 cm³/mol. The van der Waals surface area contributed by atoms with E-state index < -0.39 is 5.82 Å². The van der Waals surface area contributed by atoms with E-state index in [1.807, 2.05) is 31.2 Å². The van der Waals surface area contributed by atoms with Crippen molar-refractivity contribution >= 4 is 17.3 Å². The van der Waals surface area contributed by atoms with Crippen molar-refractivity contribution in [3.8, 4) is 0 Å². The van der Waals surface area contributed by atoms with Gasteiger partial charge in [-0.25, -0.2) is 4.39 Å². The van der Waals surface area contributed by atoms with Crippen LogP contribution in [0.5, 0.6) is 0 Å². The molecule has 0 spiro atoms. The molecule has 21 heavy (non-hydrogen) atoms. The van der Waals surface area contributed by atoms with Crippen LogP contribution in [0, 0.1) is 5.82 Å². The fourth-order valence-electron chi connectivity index (χ4n) is 2.83. The summed E-state index contributed by atoms with van der Waals surface area (Å²) in [4.78, 5) is 14.5. The van der Waals surface area contributed by atoms with Crippen LogP contribution in [0.1, 0.15) is 29.3 Å². The molecule has 3 nitrogen and oxygen atoms in total. The molecule has 0 saturated heterocycles. The molecular weight excluding hydrogens is 267 g/mol. The molecule has 1 heterocycles. The molecule has 0 fully saturated rings. The Morgan fingerprint density at radius 3 is 2.86 bits per heavy atom. The predicted octanol–water partition coefficient (Wildman–Crippen LogP) is 3.39. The topological polar surface area (TPSA) is 46.3 Å². The number of anilines is 2. The third kappa shape index (κ3) is 2.37. The Kier molecular flexibility index (Phi) is 3.37. The molecule has 1 aliphatic rings. The number of nitrogens with two attached hydrogens (primary N) is 1. The van der Waals surface area contributed by atoms with Crippen LogP contribution >= 0.6 is 0 Å². The maximum absolute atomic E-state index is 14.0. The van der Waals surface area contributed by atoms with E-state index in [2.05, 4.69) is 0 Å². The number of benzene rings is 2. The summed E-state index contributed by atoms with van der Waals surface area (Å²) in [5.41, 5.74) is 8.08. The van der Waals surface area contributed by atoms with Crippen LogP contribution in [0.4, 0.5) is 15.8 Å². The maximum atomic E-state index is 14.0. The highest BCUT2D eigenvalue weighted by molar-refractivity contribution is 6.07. The van der Waals surface area contributed by atoms with Gasteiger partial charge < -0.3 is 10.6 Å². The van der Waals surface area contributed by atoms with Crippen LogP contribution in [0.25, 0.3) is 0 Å². The number of amides is 1. The molecular formula is C17H17FN2O. The molecule has 0 aromatic heterocycles. The lowest BCUT2D eigenvalue weighted by Gasteiger charge is -2.35. The minimum absolute atomic E-state index is 0.0264. The number of hydrogen-bond donors (Lipinski definition) is 1. The number of carbonyl (C=O) groups excluding carboxylic acids is 1. The van der Waals surface area contributed by atoms with E-state index >= 15 is 0 Å². The normalized spacial score (nSPS) is 17.4. The van der Waals surface area contributed by atoms with Gasteiger partial charge in [-0.2, -0.15) is 0 Å². The molecule has 0 bridgehead atoms. The highest BCUT2D eigenvalue weighted by atomic mass is 19.1. The first-order valence-corrected chi connectivity index (χ1v) is 7.04. The van der Waals surface area contributed by atoms with E-state index in [9.17, 15) is 9.18 Å². The molecule has 1 atom stereocenters. The Balaban J connectivity index is 2.07. The van der Waals surface area contributed by atoms with Crippen LogP contribution in [0.3, 0.4) is 0 Å². The van der Waals surface area contributed by atoms with Gasteiger partial charge in [0.05, 0.1) is 5.56 Å². The quantitative estimate of drug-likeness (QED) is 0.816. The molecule has 0 saturated carbocycles. The fraction of sp³-hybridized carbons (Fsp3) is 0.235. The Morgan fingerprint density at radius 2 is 2.05 bits per heavy atom. The van der Waals surface area contributed by atoms with Gasteiger partial charge in [0.25, 0.3) is 5.91 Å². The molecule has 2 aromatic carbocycles. The zero-order valence-corrected chi connectivity index (χ0v) is 11.8. The lowest BCUT2D eigenvalue weighted by atomic mass is 9.95. The SMILES string of the molecule is CC1CCc2ccccc2N1C(=O)c1cc(N)ccc1F. The molecule has 1 unspecified atom stereocenters. The van der Waals surface area contributed by atoms with Gasteiger partial charge in [0.15, 0.2) is 0 Å². The number of carbonyl (C=O) groups is 1. The number of rotatable bonds is 1. The summed E-state index contributed by atoms with van der Waals surface area (Å²) in [6.45, 7) is 1.98. The second-order valence-corrected chi connectivity index (χ2v) is 5.43. The van der Waals surface area contributed by atoms with Crippen molar-refractivity contribution in [1.29, 1.82) is 0 Å². The van der Waals surface area contributed by atoms with Crippen molar-refractivity contribution in [3.63, 3.8) is 0 Å². The number of nitrogens with zero attached hydrogens (tertiary/aromatic N) is 1. The van der Waals surface area contributed by atoms with Crippen molar-refractivity contribution in [2.24, 2.45) is 0 Å². The van der Waals surface area contributed by atoms with E-state index in [-0.39, 0.29) is 17.5 Å². The van der Waals surface area contributed by atoms with Crippen LogP contribution in [0.15, 0.2) is 42.5 Å². The van der Waals surface area contributed by atoms with Gasteiger partial charge in [0.1, 0.15) is 5.82 Å². The summed E-state index contributed by atoms with van der Waals surface area (Å²) in [5.74, 6) is -0.871. The molecule has 2 aromatic rings. The number of halogens is 1. The number of aryl methyl sites for hydroxylation is 1. The van der Waals surface area contributed by atoms with Gasteiger partial charge in [0.2, 0.25) is 0 Å². The number of fused-ring (bicyclic) bond motifs is 1. The van der Waals surface area contributed by atoms with Gasteiger partial charge in [-0.15, -0.1) is 0 Å². The molecule has 3 rings (SSSR count). The summed E-state index contributed by atoms with van der Waals surface area (Å²) in [6, 6.07) is 11.9. The third-order valence-corrected chi connectivity index (χ3v) is 3.96. The number of hydrogen-bond acceptors (Lipinski definition) is 2. The fourth-order valence-corrected chi connectivity index (χ4v) is 2.83. The minimum Gasteiger partial charge on any atom is -0.399 e. The summed E-state index contributed by atoms with van der Waals surface area (Å²) >= 11 is 0. The Hall–Kier alpha value is -2.36. The summed E-state index contributed by atoms with van der Waals surface area (Å²) in [7, 11) is 0. The molecule has 2 N–H and O–H groups in total. The van der Waals surface area contributed by atoms with Crippen LogP contribution in [-0.2, 0) is 6.42 Å². The molecule has 1 amide bonds. The van der Waals surface area contributed by atoms with Gasteiger partial charge >= 0.3 is 0 Å². The van der Waals surface area contributed by atoms with Gasteiger partial charge in [-0.05, 0) is 49.6 Å². The van der Waals surface area contributed by atoms with Crippen LogP contribution < -0.4 is 10.6 Å². The Labute approximate surface area is 123 Å². The second kappa shape index (κ2) is 5.20. The first-order chi connectivity index (χ1) is 10.1. The molecule has 0 aliphatic carbocycles. The van der Waals surface area contributed by atoms with E-state index in [0.29, 0.717) is 5.69 Å². The molecule has 108 valence electrons. The molecule has 0 radical (unpaired) electrons. The standard InChI is InChI=1S/C17H17FN2O/c1-11-6-7-12-4-2-3-5-16(12)20(11)17(21)14-10-13(19)8-9-15(14)18/h2-5,8-11H,6-7,19H2,1H3. The van der Waals surface area contributed by atoms with E-state index in [1.165, 1.54) is 18.2 Å².